The Morgan fingerprint density at radius 1 is 1.07 bits per heavy atom. The number of amides is 1. The number of carboxylic acids is 1. The van der Waals surface area contributed by atoms with Crippen molar-refractivity contribution >= 4 is 22.9 Å². The fourth-order valence-corrected chi connectivity index (χ4v) is 4.82. The average molecular weight is 586 g/mol. The van der Waals surface area contributed by atoms with E-state index in [0.29, 0.717) is 35.6 Å². The highest BCUT2D eigenvalue weighted by Crippen LogP contribution is 2.29. The van der Waals surface area contributed by atoms with E-state index in [0.717, 1.165) is 18.6 Å². The third kappa shape index (κ3) is 5.90. The lowest BCUT2D eigenvalue weighted by atomic mass is 10.0. The molecular weight excluding hydrogens is 560 g/mol. The van der Waals surface area contributed by atoms with Crippen LogP contribution in [-0.2, 0) is 24.3 Å². The van der Waals surface area contributed by atoms with Gasteiger partial charge in [0.25, 0.3) is 5.91 Å². The van der Waals surface area contributed by atoms with Crippen LogP contribution in [0.5, 0.6) is 5.88 Å². The van der Waals surface area contributed by atoms with E-state index < -0.39 is 23.5 Å². The second-order valence-corrected chi connectivity index (χ2v) is 10.1. The van der Waals surface area contributed by atoms with Crippen LogP contribution >= 0.6 is 0 Å². The minimum atomic E-state index is -1.07. The summed E-state index contributed by atoms with van der Waals surface area (Å²) in [6, 6.07) is 14.7. The number of carbonyl (C=O) groups excluding carboxylic acids is 1. The van der Waals surface area contributed by atoms with Gasteiger partial charge in [-0.05, 0) is 54.4 Å². The number of fused-ring (bicyclic) bond motifs is 1. The van der Waals surface area contributed by atoms with Crippen molar-refractivity contribution in [2.75, 3.05) is 6.61 Å². The van der Waals surface area contributed by atoms with Crippen LogP contribution in [-0.4, -0.2) is 49.2 Å². The summed E-state index contributed by atoms with van der Waals surface area (Å²) in [5, 5.41) is 9.45. The highest BCUT2D eigenvalue weighted by molar-refractivity contribution is 5.92. The Bertz CT molecular complexity index is 1850. The van der Waals surface area contributed by atoms with Gasteiger partial charge in [0.05, 0.1) is 34.9 Å². The van der Waals surface area contributed by atoms with Crippen LogP contribution in [0, 0.1) is 11.6 Å². The van der Waals surface area contributed by atoms with Crippen molar-refractivity contribution in [3.05, 3.63) is 107 Å². The number of nitrogens with two attached hydrogens (primary N) is 1. The molecule has 1 unspecified atom stereocenters. The maximum Gasteiger partial charge on any atom is 0.335 e. The fraction of sp³-hybridized carbons (Fsp3) is 0.194. The second-order valence-electron chi connectivity index (χ2n) is 10.1. The minimum Gasteiger partial charge on any atom is -0.478 e. The molecule has 0 saturated carbocycles. The normalized spacial score (nSPS) is 14.4. The summed E-state index contributed by atoms with van der Waals surface area (Å²) in [5.41, 5.74) is 7.46. The lowest BCUT2D eigenvalue weighted by Gasteiger charge is -2.27. The van der Waals surface area contributed by atoms with Crippen LogP contribution in [0.3, 0.4) is 0 Å². The molecule has 5 aromatic rings. The predicted octanol–water partition coefficient (Wildman–Crippen LogP) is 4.53. The molecular formula is C31H25F2N5O5. The lowest BCUT2D eigenvalue weighted by molar-refractivity contribution is -0.0589. The van der Waals surface area contributed by atoms with Crippen molar-refractivity contribution in [1.29, 1.82) is 0 Å². The van der Waals surface area contributed by atoms with Crippen LogP contribution in [0.4, 0.5) is 8.78 Å². The molecule has 218 valence electrons. The largest absolute Gasteiger partial charge is 0.478 e. The van der Waals surface area contributed by atoms with Gasteiger partial charge in [0.1, 0.15) is 29.8 Å². The summed E-state index contributed by atoms with van der Waals surface area (Å²) in [6.45, 7) is 1.13. The summed E-state index contributed by atoms with van der Waals surface area (Å²) >= 11 is 0. The van der Waals surface area contributed by atoms with Crippen molar-refractivity contribution in [2.45, 2.75) is 32.1 Å². The summed E-state index contributed by atoms with van der Waals surface area (Å²) in [7, 11) is 0. The Morgan fingerprint density at radius 2 is 1.91 bits per heavy atom. The molecule has 1 atom stereocenters. The molecule has 12 heteroatoms. The number of pyridine rings is 2. The maximum absolute atomic E-state index is 15.5. The smallest absolute Gasteiger partial charge is 0.335 e. The van der Waals surface area contributed by atoms with Gasteiger partial charge in [0, 0.05) is 36.4 Å². The van der Waals surface area contributed by atoms with Gasteiger partial charge < -0.3 is 24.9 Å². The molecule has 1 aliphatic rings. The zero-order valence-electron chi connectivity index (χ0n) is 22.7. The summed E-state index contributed by atoms with van der Waals surface area (Å²) in [5.74, 6) is -2.38. The Morgan fingerprint density at radius 3 is 2.60 bits per heavy atom. The van der Waals surface area contributed by atoms with Crippen LogP contribution in [0.1, 0.15) is 44.2 Å². The maximum atomic E-state index is 15.5. The highest BCUT2D eigenvalue weighted by Gasteiger charge is 2.23. The van der Waals surface area contributed by atoms with E-state index in [1.54, 1.807) is 30.3 Å². The molecule has 3 N–H and O–H groups in total. The first kappa shape index (κ1) is 27.9. The number of aromatic carboxylic acids is 1. The van der Waals surface area contributed by atoms with Crippen LogP contribution in [0.15, 0.2) is 66.9 Å². The number of carbonyl (C=O) groups is 2. The number of rotatable bonds is 10. The summed E-state index contributed by atoms with van der Waals surface area (Å²) in [4.78, 5) is 35.7. The molecule has 6 rings (SSSR count). The number of halogens is 2. The minimum absolute atomic E-state index is 0.0218. The molecule has 4 heterocycles. The zero-order chi connectivity index (χ0) is 30.1. The van der Waals surface area contributed by atoms with Crippen LogP contribution < -0.4 is 10.5 Å². The van der Waals surface area contributed by atoms with Crippen LogP contribution in [0.25, 0.3) is 22.3 Å². The number of hydrogen-bond donors (Lipinski definition) is 2. The van der Waals surface area contributed by atoms with Crippen molar-refractivity contribution in [3.8, 4) is 17.1 Å². The van der Waals surface area contributed by atoms with Gasteiger partial charge in [-0.2, -0.15) is 0 Å². The molecule has 2 aromatic carbocycles. The lowest BCUT2D eigenvalue weighted by Crippen LogP contribution is -2.31. The fourth-order valence-electron chi connectivity index (χ4n) is 4.82. The third-order valence-electron chi connectivity index (χ3n) is 7.20. The highest BCUT2D eigenvalue weighted by atomic mass is 19.1. The average Bonchev–Trinajstić information content (AvgIpc) is 3.31. The third-order valence-corrected chi connectivity index (χ3v) is 7.20. The van der Waals surface area contributed by atoms with Crippen molar-refractivity contribution < 1.29 is 33.0 Å². The van der Waals surface area contributed by atoms with E-state index in [4.69, 9.17) is 15.2 Å². The van der Waals surface area contributed by atoms with Gasteiger partial charge >= 0.3 is 5.97 Å². The molecule has 0 bridgehead atoms. The first-order chi connectivity index (χ1) is 20.7. The molecule has 10 nitrogen and oxygen atoms in total. The van der Waals surface area contributed by atoms with Gasteiger partial charge in [0.15, 0.2) is 0 Å². The van der Waals surface area contributed by atoms with Gasteiger partial charge in [-0.3, -0.25) is 9.78 Å². The molecule has 1 fully saturated rings. The van der Waals surface area contributed by atoms with Gasteiger partial charge in [0.2, 0.25) is 5.88 Å². The molecule has 1 amide bonds. The van der Waals surface area contributed by atoms with Crippen LogP contribution in [0.2, 0.25) is 0 Å². The summed E-state index contributed by atoms with van der Waals surface area (Å²) < 4.78 is 44.0. The van der Waals surface area contributed by atoms with E-state index in [1.165, 1.54) is 24.4 Å². The Labute approximate surface area is 243 Å². The van der Waals surface area contributed by atoms with Crippen molar-refractivity contribution in [3.63, 3.8) is 0 Å². The number of aromatic nitrogens is 4. The number of ether oxygens (including phenoxy) is 2. The predicted molar refractivity (Wildman–Crippen MR) is 151 cm³/mol. The number of nitrogens with zero attached hydrogens (tertiary/aromatic N) is 4. The van der Waals surface area contributed by atoms with Gasteiger partial charge in [-0.15, -0.1) is 0 Å². The van der Waals surface area contributed by atoms with E-state index in [-0.39, 0.29) is 53.1 Å². The Balaban J connectivity index is 1.24. The van der Waals surface area contributed by atoms with Gasteiger partial charge in [-0.25, -0.2) is 23.5 Å². The number of carboxylic acid groups (broad SMARTS) is 1. The van der Waals surface area contributed by atoms with Crippen molar-refractivity contribution in [1.82, 2.24) is 19.5 Å². The van der Waals surface area contributed by atoms with E-state index in [2.05, 4.69) is 15.0 Å². The molecule has 0 radical (unpaired) electrons. The molecule has 0 spiro atoms. The number of hydrogen-bond acceptors (Lipinski definition) is 7. The SMILES string of the molecule is NC(=O)c1ccc(COc2cccc(-c3cc(F)c(Cc4nc5ccc(C(=O)O)cc5n4CC4CCO4)cc3F)n2)cn1. The second kappa shape index (κ2) is 11.6. The monoisotopic (exact) mass is 585 g/mol. The number of benzene rings is 2. The molecule has 43 heavy (non-hydrogen) atoms. The number of primary amides is 1. The van der Waals surface area contributed by atoms with Gasteiger partial charge in [-0.1, -0.05) is 12.1 Å². The zero-order valence-corrected chi connectivity index (χ0v) is 22.7. The van der Waals surface area contributed by atoms with E-state index in [9.17, 15) is 14.7 Å². The Kier molecular flexibility index (Phi) is 7.51. The molecule has 1 aliphatic heterocycles. The first-order valence-electron chi connectivity index (χ1n) is 13.4. The van der Waals surface area contributed by atoms with Crippen molar-refractivity contribution in [2.24, 2.45) is 5.73 Å². The molecule has 1 saturated heterocycles. The standard InChI is InChI=1S/C31H25F2N5O5/c32-22-13-21(24-2-1-3-29(37-24)43-16-17-4-6-26(30(34)39)35-14-17)23(33)10-19(22)12-28-36-25-7-5-18(31(40)41)11-27(25)38(28)15-20-8-9-42-20/h1-7,10-11,13-14,20H,8-9,12,15-16H2,(H2,34,39)(H,40,41). The quantitative estimate of drug-likeness (QED) is 0.244. The molecule has 0 aliphatic carbocycles. The first-order valence-corrected chi connectivity index (χ1v) is 13.4. The topological polar surface area (TPSA) is 142 Å². The number of imidazole rings is 1. The van der Waals surface area contributed by atoms with E-state index in [1.807, 2.05) is 4.57 Å². The van der Waals surface area contributed by atoms with E-state index >= 15 is 8.78 Å². The molecule has 3 aromatic heterocycles. The Hall–Kier alpha value is -5.23. The summed E-state index contributed by atoms with van der Waals surface area (Å²) in [6.07, 6.45) is 2.20.